The molecule has 5 aliphatic rings. The van der Waals surface area contributed by atoms with Gasteiger partial charge in [0.05, 0.1) is 5.41 Å². The molecule has 0 spiro atoms. The van der Waals surface area contributed by atoms with E-state index in [4.69, 9.17) is 4.74 Å². The maximum absolute atomic E-state index is 14.2. The zero-order valence-electron chi connectivity index (χ0n) is 26.2. The molecule has 5 saturated carbocycles. The lowest BCUT2D eigenvalue weighted by Gasteiger charge is -2.72. The number of hydrogen-bond acceptors (Lipinski definition) is 2. The van der Waals surface area contributed by atoms with E-state index in [1.54, 1.807) is 0 Å². The van der Waals surface area contributed by atoms with Crippen molar-refractivity contribution in [3.8, 4) is 0 Å². The average molecular weight is 533 g/mol. The summed E-state index contributed by atoms with van der Waals surface area (Å²) in [4.78, 5) is 14.2. The molecule has 1 aromatic rings. The summed E-state index contributed by atoms with van der Waals surface area (Å²) >= 11 is 0. The number of hydrogen-bond donors (Lipinski definition) is 0. The van der Waals surface area contributed by atoms with Crippen LogP contribution in [0, 0.1) is 62.6 Å². The summed E-state index contributed by atoms with van der Waals surface area (Å²) in [7, 11) is 0. The third-order valence-electron chi connectivity index (χ3n) is 14.7. The Kier molecular flexibility index (Phi) is 6.68. The van der Waals surface area contributed by atoms with E-state index in [9.17, 15) is 4.79 Å². The van der Waals surface area contributed by atoms with Gasteiger partial charge < -0.3 is 4.74 Å². The lowest BCUT2D eigenvalue weighted by atomic mass is 9.32. The Morgan fingerprint density at radius 2 is 1.56 bits per heavy atom. The summed E-state index contributed by atoms with van der Waals surface area (Å²) in [6.45, 7) is 18.6. The number of esters is 1. The maximum atomic E-state index is 14.2. The Morgan fingerprint density at radius 3 is 2.28 bits per heavy atom. The molecule has 2 nitrogen and oxygen atoms in total. The van der Waals surface area contributed by atoms with Crippen LogP contribution in [0.2, 0.25) is 0 Å². The van der Waals surface area contributed by atoms with Crippen LogP contribution in [-0.2, 0) is 16.1 Å². The molecule has 0 radical (unpaired) electrons. The van der Waals surface area contributed by atoms with Crippen LogP contribution in [-0.4, -0.2) is 5.97 Å². The van der Waals surface area contributed by atoms with E-state index < -0.39 is 0 Å². The van der Waals surface area contributed by atoms with Gasteiger partial charge in [-0.3, -0.25) is 4.79 Å². The molecule has 5 fully saturated rings. The van der Waals surface area contributed by atoms with E-state index >= 15 is 0 Å². The van der Waals surface area contributed by atoms with Gasteiger partial charge in [-0.05, 0) is 127 Å². The Balaban J connectivity index is 1.33. The third-order valence-corrected chi connectivity index (χ3v) is 14.7. The molecule has 6 rings (SSSR count). The van der Waals surface area contributed by atoms with Crippen molar-refractivity contribution in [2.75, 3.05) is 0 Å². The fourth-order valence-electron chi connectivity index (χ4n) is 12.7. The van der Waals surface area contributed by atoms with Gasteiger partial charge in [-0.25, -0.2) is 0 Å². The molecule has 2 heteroatoms. The standard InChI is InChI=1S/C37H56O2/c1-25(2)27-16-21-37(32(38)39-24-26-12-9-8-10-13-26)23-22-35(6)28(31(27)37)14-15-30-34(5)19-11-18-33(3,4)29(34)17-20-36(30,35)7/h8-10,12-13,25,27-31H,11,14-24H2,1-7H3/t27-,28?,29?,30?,31?,34-,35+,36+,37-/m0/s1. The van der Waals surface area contributed by atoms with Gasteiger partial charge in [0.1, 0.15) is 6.61 Å². The first-order chi connectivity index (χ1) is 18.4. The summed E-state index contributed by atoms with van der Waals surface area (Å²) in [5.41, 5.74) is 2.47. The Bertz CT molecular complexity index is 1070. The van der Waals surface area contributed by atoms with Crippen molar-refractivity contribution in [1.29, 1.82) is 0 Å². The number of fused-ring (bicyclic) bond motifs is 7. The smallest absolute Gasteiger partial charge is 0.312 e. The van der Waals surface area contributed by atoms with Crippen LogP contribution in [0.4, 0.5) is 0 Å². The molecule has 0 amide bonds. The van der Waals surface area contributed by atoms with Gasteiger partial charge in [-0.15, -0.1) is 0 Å². The molecule has 39 heavy (non-hydrogen) atoms. The van der Waals surface area contributed by atoms with Crippen LogP contribution in [0.25, 0.3) is 0 Å². The van der Waals surface area contributed by atoms with Gasteiger partial charge >= 0.3 is 5.97 Å². The first-order valence-electron chi connectivity index (χ1n) is 16.6. The summed E-state index contributed by atoms with van der Waals surface area (Å²) < 4.78 is 6.22. The molecule has 1 aromatic carbocycles. The second-order valence-electron chi connectivity index (χ2n) is 16.7. The predicted octanol–water partition coefficient (Wildman–Crippen LogP) is 9.86. The molecule has 9 atom stereocenters. The second-order valence-corrected chi connectivity index (χ2v) is 16.7. The van der Waals surface area contributed by atoms with Crippen molar-refractivity contribution < 1.29 is 9.53 Å². The van der Waals surface area contributed by atoms with Gasteiger partial charge in [0, 0.05) is 0 Å². The van der Waals surface area contributed by atoms with Crippen molar-refractivity contribution in [2.45, 2.75) is 126 Å². The highest BCUT2D eigenvalue weighted by molar-refractivity contribution is 5.78. The molecule has 5 aliphatic carbocycles. The van der Waals surface area contributed by atoms with E-state index in [2.05, 4.69) is 60.6 Å². The van der Waals surface area contributed by atoms with Crippen molar-refractivity contribution >= 4 is 5.97 Å². The molecule has 216 valence electrons. The van der Waals surface area contributed by atoms with Gasteiger partial charge in [-0.1, -0.05) is 85.2 Å². The van der Waals surface area contributed by atoms with Crippen molar-refractivity contribution in [1.82, 2.24) is 0 Å². The highest BCUT2D eigenvalue weighted by Gasteiger charge is 2.71. The topological polar surface area (TPSA) is 26.3 Å². The second kappa shape index (κ2) is 9.35. The molecular weight excluding hydrogens is 476 g/mol. The summed E-state index contributed by atoms with van der Waals surface area (Å²) in [5, 5.41) is 0. The van der Waals surface area contributed by atoms with Crippen LogP contribution in [0.5, 0.6) is 0 Å². The van der Waals surface area contributed by atoms with Gasteiger partial charge in [0.2, 0.25) is 0 Å². The SMILES string of the molecule is CC(C)[C@@H]1CC[C@]2(C(=O)OCc3ccccc3)CC[C@]3(C)C(CCC4[C@@]5(C)CCCC(C)(C)C5CC[C@]43C)C12. The lowest BCUT2D eigenvalue weighted by molar-refractivity contribution is -0.240. The molecular formula is C37H56O2. The number of carbonyl (C=O) groups is 1. The normalized spacial score (nSPS) is 46.5. The van der Waals surface area contributed by atoms with Crippen LogP contribution in [0.3, 0.4) is 0 Å². The van der Waals surface area contributed by atoms with Crippen LogP contribution in [0.1, 0.15) is 125 Å². The Morgan fingerprint density at radius 1 is 0.821 bits per heavy atom. The zero-order chi connectivity index (χ0) is 27.8. The molecule has 0 bridgehead atoms. The van der Waals surface area contributed by atoms with Crippen LogP contribution < -0.4 is 0 Å². The highest BCUT2D eigenvalue weighted by Crippen LogP contribution is 2.77. The van der Waals surface area contributed by atoms with Gasteiger partial charge in [-0.2, -0.15) is 0 Å². The van der Waals surface area contributed by atoms with E-state index in [1.807, 2.05) is 18.2 Å². The number of benzene rings is 1. The van der Waals surface area contributed by atoms with E-state index in [1.165, 1.54) is 57.8 Å². The minimum Gasteiger partial charge on any atom is -0.460 e. The fraction of sp³-hybridized carbons (Fsp3) is 0.811. The monoisotopic (exact) mass is 532 g/mol. The zero-order valence-corrected chi connectivity index (χ0v) is 26.2. The van der Waals surface area contributed by atoms with Gasteiger partial charge in [0.25, 0.3) is 0 Å². The predicted molar refractivity (Wildman–Crippen MR) is 160 cm³/mol. The largest absolute Gasteiger partial charge is 0.460 e. The van der Waals surface area contributed by atoms with E-state index in [-0.39, 0.29) is 11.4 Å². The van der Waals surface area contributed by atoms with E-state index in [0.29, 0.717) is 51.9 Å². The van der Waals surface area contributed by atoms with Crippen molar-refractivity contribution in [3.05, 3.63) is 35.9 Å². The van der Waals surface area contributed by atoms with Crippen molar-refractivity contribution in [2.24, 2.45) is 62.6 Å². The molecule has 0 N–H and O–H groups in total. The number of ether oxygens (including phenoxy) is 1. The molecule has 0 saturated heterocycles. The summed E-state index contributed by atoms with van der Waals surface area (Å²) in [5.74, 6) is 4.19. The quantitative estimate of drug-likeness (QED) is 0.361. The Labute approximate surface area is 239 Å². The minimum atomic E-state index is -0.273. The molecule has 0 aromatic heterocycles. The molecule has 0 aliphatic heterocycles. The maximum Gasteiger partial charge on any atom is 0.312 e. The van der Waals surface area contributed by atoms with Gasteiger partial charge in [0.15, 0.2) is 0 Å². The number of carbonyl (C=O) groups excluding carboxylic acids is 1. The highest BCUT2D eigenvalue weighted by atomic mass is 16.5. The molecule has 4 unspecified atom stereocenters. The number of rotatable bonds is 4. The third kappa shape index (κ3) is 3.88. The summed E-state index contributed by atoms with van der Waals surface area (Å²) in [6, 6.07) is 10.3. The van der Waals surface area contributed by atoms with E-state index in [0.717, 1.165) is 30.2 Å². The first kappa shape index (κ1) is 27.8. The fourth-order valence-corrected chi connectivity index (χ4v) is 12.7. The van der Waals surface area contributed by atoms with Crippen LogP contribution >= 0.6 is 0 Å². The van der Waals surface area contributed by atoms with Crippen LogP contribution in [0.15, 0.2) is 30.3 Å². The lowest BCUT2D eigenvalue weighted by Crippen LogP contribution is -2.66. The van der Waals surface area contributed by atoms with Crippen molar-refractivity contribution in [3.63, 3.8) is 0 Å². The Hall–Kier alpha value is -1.31. The minimum absolute atomic E-state index is 0.124. The first-order valence-corrected chi connectivity index (χ1v) is 16.6. The molecule has 0 heterocycles. The summed E-state index contributed by atoms with van der Waals surface area (Å²) in [6.07, 6.45) is 14.2. The average Bonchev–Trinajstić information content (AvgIpc) is 3.29.